The van der Waals surface area contributed by atoms with Crippen molar-refractivity contribution < 1.29 is 37.1 Å². The van der Waals surface area contributed by atoms with Gasteiger partial charge in [-0.3, -0.25) is 19.2 Å². The lowest BCUT2D eigenvalue weighted by atomic mass is 9.47. The molecule has 5 aliphatic carbocycles. The number of fused-ring (bicyclic) bond motifs is 1. The largest absolute Gasteiger partial charge is 0.471 e. The SMILES string of the molecule is CC1(C)CNC(=O)C(CC(C#N)NC(=O)C2C3C(CN2C(=O)C(NC(=O)C(F)(F)F)C24CC5CC(CC(C5)C2)C4)C3(C)C)O1. The molecule has 5 saturated carbocycles. The Kier molecular flexibility index (Phi) is 7.30. The average molecular weight is 622 g/mol. The molecule has 7 rings (SSSR count). The Balaban J connectivity index is 1.25. The Morgan fingerprint density at radius 2 is 1.66 bits per heavy atom. The summed E-state index contributed by atoms with van der Waals surface area (Å²) in [5, 5.41) is 17.5. The molecule has 242 valence electrons. The molecule has 2 saturated heterocycles. The quantitative estimate of drug-likeness (QED) is 0.399. The van der Waals surface area contributed by atoms with Crippen LogP contribution in [0.3, 0.4) is 0 Å². The number of halogens is 3. The molecule has 4 bridgehead atoms. The molecule has 44 heavy (non-hydrogen) atoms. The summed E-state index contributed by atoms with van der Waals surface area (Å²) in [6.45, 7) is 8.05. The minimum absolute atomic E-state index is 0.0497. The highest BCUT2D eigenvalue weighted by atomic mass is 19.4. The number of alkyl halides is 3. The second-order valence-corrected chi connectivity index (χ2v) is 15.6. The number of carbonyl (C=O) groups is 4. The zero-order chi connectivity index (χ0) is 32.0. The van der Waals surface area contributed by atoms with Crippen LogP contribution in [-0.4, -0.2) is 77.6 Å². The highest BCUT2D eigenvalue weighted by Crippen LogP contribution is 2.66. The van der Waals surface area contributed by atoms with Crippen molar-refractivity contribution in [2.24, 2.45) is 40.4 Å². The fraction of sp³-hybridized carbons (Fsp3) is 0.839. The Morgan fingerprint density at radius 1 is 1.07 bits per heavy atom. The molecule has 13 heteroatoms. The monoisotopic (exact) mass is 621 g/mol. The maximum Gasteiger partial charge on any atom is 0.471 e. The maximum atomic E-state index is 14.4. The van der Waals surface area contributed by atoms with Crippen LogP contribution in [0.4, 0.5) is 13.2 Å². The first-order chi connectivity index (χ1) is 20.4. The fourth-order valence-corrected chi connectivity index (χ4v) is 9.86. The van der Waals surface area contributed by atoms with Crippen LogP contribution in [0.5, 0.6) is 0 Å². The van der Waals surface area contributed by atoms with Crippen LogP contribution < -0.4 is 16.0 Å². The molecule has 10 nitrogen and oxygen atoms in total. The van der Waals surface area contributed by atoms with Crippen LogP contribution in [-0.2, 0) is 23.9 Å². The number of likely N-dealkylation sites (tertiary alicyclic amines) is 1. The van der Waals surface area contributed by atoms with Crippen LogP contribution in [0.25, 0.3) is 0 Å². The summed E-state index contributed by atoms with van der Waals surface area (Å²) in [6.07, 6.45) is -1.51. The number of hydrogen-bond acceptors (Lipinski definition) is 6. The van der Waals surface area contributed by atoms with E-state index < -0.39 is 65.1 Å². The molecule has 0 radical (unpaired) electrons. The highest BCUT2D eigenvalue weighted by Gasteiger charge is 2.70. The van der Waals surface area contributed by atoms with Crippen LogP contribution in [0.2, 0.25) is 0 Å². The van der Waals surface area contributed by atoms with Crippen LogP contribution >= 0.6 is 0 Å². The third-order valence-electron chi connectivity index (χ3n) is 11.6. The van der Waals surface area contributed by atoms with Crippen LogP contribution in [0.15, 0.2) is 0 Å². The van der Waals surface area contributed by atoms with E-state index in [0.717, 1.165) is 19.3 Å². The van der Waals surface area contributed by atoms with Crippen molar-refractivity contribution in [1.82, 2.24) is 20.9 Å². The van der Waals surface area contributed by atoms with Gasteiger partial charge in [0.25, 0.3) is 0 Å². The number of piperidine rings is 1. The van der Waals surface area contributed by atoms with Gasteiger partial charge in [0.1, 0.15) is 24.2 Å². The Labute approximate surface area is 255 Å². The van der Waals surface area contributed by atoms with E-state index in [1.807, 2.05) is 19.9 Å². The molecule has 0 aromatic heterocycles. The van der Waals surface area contributed by atoms with E-state index in [9.17, 15) is 37.6 Å². The summed E-state index contributed by atoms with van der Waals surface area (Å²) in [4.78, 5) is 54.5. The third-order valence-corrected chi connectivity index (χ3v) is 11.6. The van der Waals surface area contributed by atoms with Gasteiger partial charge in [0.2, 0.25) is 17.7 Å². The summed E-state index contributed by atoms with van der Waals surface area (Å²) >= 11 is 0. The number of nitrogens with zero attached hydrogens (tertiary/aromatic N) is 2. The number of nitriles is 1. The molecular weight excluding hydrogens is 579 g/mol. The number of morpholine rings is 1. The number of nitrogens with one attached hydrogen (secondary N) is 3. The van der Waals surface area contributed by atoms with E-state index in [4.69, 9.17) is 4.74 Å². The Bertz CT molecular complexity index is 1260. The van der Waals surface area contributed by atoms with Gasteiger partial charge in [0, 0.05) is 24.9 Å². The highest BCUT2D eigenvalue weighted by molar-refractivity contribution is 5.95. The summed E-state index contributed by atoms with van der Waals surface area (Å²) < 4.78 is 46.6. The molecule has 4 amide bonds. The zero-order valence-corrected chi connectivity index (χ0v) is 25.6. The van der Waals surface area contributed by atoms with E-state index in [-0.39, 0.29) is 30.2 Å². The van der Waals surface area contributed by atoms with Gasteiger partial charge in [0.15, 0.2) is 0 Å². The van der Waals surface area contributed by atoms with Crippen LogP contribution in [0, 0.1) is 51.8 Å². The summed E-state index contributed by atoms with van der Waals surface area (Å²) in [6, 6.07) is -1.49. The van der Waals surface area contributed by atoms with Crippen molar-refractivity contribution >= 4 is 23.6 Å². The average Bonchev–Trinajstić information content (AvgIpc) is 3.24. The van der Waals surface area contributed by atoms with E-state index in [1.54, 1.807) is 13.8 Å². The number of rotatable bonds is 7. The molecule has 2 aliphatic heterocycles. The van der Waals surface area contributed by atoms with Gasteiger partial charge in [-0.1, -0.05) is 13.8 Å². The molecule has 7 fully saturated rings. The molecule has 6 unspecified atom stereocenters. The lowest BCUT2D eigenvalue weighted by molar-refractivity contribution is -0.179. The van der Waals surface area contributed by atoms with Crippen molar-refractivity contribution in [3.05, 3.63) is 0 Å². The van der Waals surface area contributed by atoms with Crippen molar-refractivity contribution in [1.29, 1.82) is 5.26 Å². The number of amides is 4. The van der Waals surface area contributed by atoms with Gasteiger partial charge in [-0.05, 0) is 87.4 Å². The summed E-state index contributed by atoms with van der Waals surface area (Å²) in [5.74, 6) is -3.16. The second kappa shape index (κ2) is 10.3. The molecule has 0 spiro atoms. The predicted molar refractivity (Wildman–Crippen MR) is 149 cm³/mol. The maximum absolute atomic E-state index is 14.4. The van der Waals surface area contributed by atoms with E-state index in [2.05, 4.69) is 16.0 Å². The molecule has 0 aromatic carbocycles. The molecule has 0 aromatic rings. The summed E-state index contributed by atoms with van der Waals surface area (Å²) in [5.41, 5.74) is -1.73. The molecule has 3 N–H and O–H groups in total. The Hall–Kier alpha value is -2.88. The zero-order valence-electron chi connectivity index (χ0n) is 25.6. The molecule has 2 heterocycles. The van der Waals surface area contributed by atoms with Crippen molar-refractivity contribution in [2.45, 2.75) is 109 Å². The summed E-state index contributed by atoms with van der Waals surface area (Å²) in [7, 11) is 0. The first-order valence-corrected chi connectivity index (χ1v) is 15.8. The van der Waals surface area contributed by atoms with E-state index in [0.29, 0.717) is 43.6 Å². The molecular formula is C31H42F3N5O5. The fourth-order valence-electron chi connectivity index (χ4n) is 9.86. The number of ether oxygens (including phenoxy) is 1. The smallest absolute Gasteiger partial charge is 0.361 e. The minimum Gasteiger partial charge on any atom is -0.361 e. The second-order valence-electron chi connectivity index (χ2n) is 15.6. The standard InChI is InChI=1S/C31H42F3N5O5/c1-28(2)14-36-24(40)20(44-28)8-18(12-35)37-25(41)22-21-19(29(21,3)4)13-39(22)26(42)23(38-27(43)31(32,33)34)30-9-15-5-16(10-30)7-17(6-15)11-30/h15-23H,5-11,13-14H2,1-4H3,(H,36,40)(H,37,41)(H,38,43). The number of carbonyl (C=O) groups excluding carboxylic acids is 4. The lowest BCUT2D eigenvalue weighted by Crippen LogP contribution is -2.65. The van der Waals surface area contributed by atoms with Crippen molar-refractivity contribution in [3.8, 4) is 6.07 Å². The van der Waals surface area contributed by atoms with Gasteiger partial charge in [-0.25, -0.2) is 0 Å². The molecule has 6 atom stereocenters. The van der Waals surface area contributed by atoms with Crippen molar-refractivity contribution in [3.63, 3.8) is 0 Å². The van der Waals surface area contributed by atoms with E-state index in [1.165, 1.54) is 4.90 Å². The van der Waals surface area contributed by atoms with Gasteiger partial charge >= 0.3 is 12.1 Å². The normalized spacial score (nSPS) is 39.0. The predicted octanol–water partition coefficient (Wildman–Crippen LogP) is 2.42. The topological polar surface area (TPSA) is 141 Å². The first kappa shape index (κ1) is 31.1. The van der Waals surface area contributed by atoms with Gasteiger partial charge < -0.3 is 25.6 Å². The van der Waals surface area contributed by atoms with Crippen molar-refractivity contribution in [2.75, 3.05) is 13.1 Å². The van der Waals surface area contributed by atoms with Gasteiger partial charge in [0.05, 0.1) is 11.7 Å². The van der Waals surface area contributed by atoms with Gasteiger partial charge in [-0.15, -0.1) is 0 Å². The van der Waals surface area contributed by atoms with Gasteiger partial charge in [-0.2, -0.15) is 18.4 Å². The first-order valence-electron chi connectivity index (χ1n) is 15.8. The number of hydrogen-bond donors (Lipinski definition) is 3. The minimum atomic E-state index is -5.16. The van der Waals surface area contributed by atoms with Crippen LogP contribution in [0.1, 0.15) is 72.6 Å². The Morgan fingerprint density at radius 3 is 2.20 bits per heavy atom. The lowest BCUT2D eigenvalue weighted by Gasteiger charge is -2.59. The molecule has 7 aliphatic rings. The third kappa shape index (κ3) is 5.35. The van der Waals surface area contributed by atoms with E-state index >= 15 is 0 Å².